The highest BCUT2D eigenvalue weighted by molar-refractivity contribution is 5.99. The van der Waals surface area contributed by atoms with Crippen molar-refractivity contribution < 1.29 is 19.6 Å². The molecular formula is C20H20N5O3+. The van der Waals surface area contributed by atoms with E-state index in [2.05, 4.69) is 15.1 Å². The number of aromatic nitrogens is 3. The van der Waals surface area contributed by atoms with Crippen molar-refractivity contribution in [3.63, 3.8) is 0 Å². The molecule has 2 aliphatic heterocycles. The van der Waals surface area contributed by atoms with Crippen LogP contribution >= 0.6 is 0 Å². The molecule has 4 heterocycles. The molecular weight excluding hydrogens is 358 g/mol. The van der Waals surface area contributed by atoms with Crippen LogP contribution in [0.25, 0.3) is 11.0 Å². The van der Waals surface area contributed by atoms with E-state index in [1.807, 2.05) is 49.5 Å². The van der Waals surface area contributed by atoms with Crippen LogP contribution in [0.2, 0.25) is 0 Å². The van der Waals surface area contributed by atoms with Crippen molar-refractivity contribution in [2.24, 2.45) is 5.10 Å². The van der Waals surface area contributed by atoms with E-state index in [9.17, 15) is 10.2 Å². The fourth-order valence-corrected chi connectivity index (χ4v) is 3.78. The summed E-state index contributed by atoms with van der Waals surface area (Å²) in [5, 5.41) is 26.8. The molecule has 2 N–H and O–H groups in total. The van der Waals surface area contributed by atoms with Gasteiger partial charge in [0.2, 0.25) is 5.69 Å². The van der Waals surface area contributed by atoms with Gasteiger partial charge in [-0.25, -0.2) is 9.97 Å². The second-order valence-electron chi connectivity index (χ2n) is 7.01. The van der Waals surface area contributed by atoms with Crippen LogP contribution in [0.5, 0.6) is 0 Å². The molecule has 0 unspecified atom stereocenters. The molecule has 8 nitrogen and oxygen atoms in total. The number of hydrogen-bond donors (Lipinski definition) is 2. The van der Waals surface area contributed by atoms with E-state index in [0.29, 0.717) is 17.8 Å². The lowest BCUT2D eigenvalue weighted by molar-refractivity contribution is -0.437. The van der Waals surface area contributed by atoms with E-state index in [1.165, 1.54) is 6.33 Å². The van der Waals surface area contributed by atoms with Gasteiger partial charge in [0.1, 0.15) is 36.0 Å². The number of hydrogen-bond acceptors (Lipinski definition) is 6. The Morgan fingerprint density at radius 1 is 1.11 bits per heavy atom. The van der Waals surface area contributed by atoms with Gasteiger partial charge in [-0.2, -0.15) is 0 Å². The van der Waals surface area contributed by atoms with Crippen LogP contribution in [0.1, 0.15) is 18.3 Å². The molecule has 1 saturated heterocycles. The molecule has 3 aromatic rings. The zero-order valence-electron chi connectivity index (χ0n) is 15.3. The average Bonchev–Trinajstić information content (AvgIpc) is 3.42. The number of hydrazone groups is 1. The Balaban J connectivity index is 1.44. The topological polar surface area (TPSA) is 95.8 Å². The number of ether oxygens (including phenoxy) is 1. The molecule has 0 spiro atoms. The van der Waals surface area contributed by atoms with Gasteiger partial charge < -0.3 is 19.5 Å². The van der Waals surface area contributed by atoms with Crippen LogP contribution in [0.15, 0.2) is 54.0 Å². The van der Waals surface area contributed by atoms with Gasteiger partial charge in [0, 0.05) is 23.7 Å². The van der Waals surface area contributed by atoms with E-state index >= 15 is 0 Å². The first kappa shape index (κ1) is 17.2. The fourth-order valence-electron chi connectivity index (χ4n) is 3.78. The largest absolute Gasteiger partial charge is 0.387 e. The van der Waals surface area contributed by atoms with E-state index in [1.54, 1.807) is 15.4 Å². The van der Waals surface area contributed by atoms with Crippen molar-refractivity contribution in [1.82, 2.24) is 14.5 Å². The summed E-state index contributed by atoms with van der Waals surface area (Å²) < 4.78 is 9.58. The summed E-state index contributed by atoms with van der Waals surface area (Å²) in [6.07, 6.45) is 2.15. The van der Waals surface area contributed by atoms with Crippen LogP contribution in [0.4, 0.5) is 5.69 Å². The maximum Gasteiger partial charge on any atom is 0.237 e. The predicted molar refractivity (Wildman–Crippen MR) is 103 cm³/mol. The molecule has 0 aliphatic carbocycles. The van der Waals surface area contributed by atoms with Crippen molar-refractivity contribution in [2.45, 2.75) is 37.9 Å². The number of para-hydroxylation sites is 1. The number of aliphatic hydroxyl groups is 2. The summed E-state index contributed by atoms with van der Waals surface area (Å²) in [5.41, 5.74) is 3.13. The third-order valence-corrected chi connectivity index (χ3v) is 5.28. The molecule has 0 bridgehead atoms. The second kappa shape index (κ2) is 6.59. The number of aryl methyl sites for hydroxylation is 1. The normalized spacial score (nSPS) is 27.2. The van der Waals surface area contributed by atoms with Crippen molar-refractivity contribution in [2.75, 3.05) is 0 Å². The highest BCUT2D eigenvalue weighted by atomic mass is 16.6. The van der Waals surface area contributed by atoms with Gasteiger partial charge in [0.25, 0.3) is 0 Å². The Kier molecular flexibility index (Phi) is 4.04. The quantitative estimate of drug-likeness (QED) is 0.674. The highest BCUT2D eigenvalue weighted by Gasteiger charge is 2.48. The van der Waals surface area contributed by atoms with E-state index in [-0.39, 0.29) is 0 Å². The minimum Gasteiger partial charge on any atom is -0.387 e. The number of rotatable bonds is 3. The first-order valence-electron chi connectivity index (χ1n) is 9.18. The maximum atomic E-state index is 10.7. The smallest absolute Gasteiger partial charge is 0.237 e. The lowest BCUT2D eigenvalue weighted by Crippen LogP contribution is -2.35. The van der Waals surface area contributed by atoms with Gasteiger partial charge in [0.15, 0.2) is 12.4 Å². The van der Waals surface area contributed by atoms with E-state index < -0.39 is 24.5 Å². The number of nitrogens with zero attached hydrogens (tertiary/aromatic N) is 5. The van der Waals surface area contributed by atoms with Gasteiger partial charge in [-0.05, 0) is 18.1 Å². The predicted octanol–water partition coefficient (Wildman–Crippen LogP) is 1.53. The number of benzene rings is 1. The van der Waals surface area contributed by atoms with Crippen LogP contribution in [-0.2, 0) is 4.74 Å². The van der Waals surface area contributed by atoms with Crippen molar-refractivity contribution in [3.05, 3.63) is 54.6 Å². The Morgan fingerprint density at radius 2 is 1.93 bits per heavy atom. The summed E-state index contributed by atoms with van der Waals surface area (Å²) in [6.45, 7) is 1.90. The first-order valence-corrected chi connectivity index (χ1v) is 9.18. The molecule has 0 saturated carbocycles. The molecule has 1 fully saturated rings. The van der Waals surface area contributed by atoms with Gasteiger partial charge in [-0.1, -0.05) is 22.9 Å². The van der Waals surface area contributed by atoms with Gasteiger partial charge in [0.05, 0.1) is 12.1 Å². The van der Waals surface area contributed by atoms with Crippen LogP contribution in [0.3, 0.4) is 0 Å². The molecule has 2 aliphatic rings. The average molecular weight is 378 g/mol. The maximum absolute atomic E-state index is 10.7. The zero-order valence-corrected chi connectivity index (χ0v) is 15.3. The lowest BCUT2D eigenvalue weighted by atomic mass is 10.0. The highest BCUT2D eigenvalue weighted by Crippen LogP contribution is 2.34. The lowest BCUT2D eigenvalue weighted by Gasteiger charge is -2.17. The van der Waals surface area contributed by atoms with Gasteiger partial charge in [-0.15, -0.1) is 0 Å². The van der Waals surface area contributed by atoms with Crippen LogP contribution in [-0.4, -0.2) is 59.7 Å². The third-order valence-electron chi connectivity index (χ3n) is 5.28. The van der Waals surface area contributed by atoms with Crippen molar-refractivity contribution >= 4 is 28.6 Å². The molecule has 1 aromatic carbocycles. The van der Waals surface area contributed by atoms with Gasteiger partial charge in [-0.3, -0.25) is 0 Å². The summed E-state index contributed by atoms with van der Waals surface area (Å²) >= 11 is 0. The molecule has 2 aromatic heterocycles. The molecule has 5 rings (SSSR count). The molecule has 28 heavy (non-hydrogen) atoms. The minimum absolute atomic E-state index is 0.545. The Hall–Kier alpha value is -2.94. The summed E-state index contributed by atoms with van der Waals surface area (Å²) in [5.74, 6) is 0. The standard InChI is InChI=1S/C20H20N5O3/c1-12-14-7-9-24(19(14)22-11-21-12)20-17(27)16(26)18(28-20)15-8-10-25(23-15)13-5-3-2-4-6-13/h2-7,9-11,16-18,20,26-27H,8H2,1H3/q+1/t16-,17+,18-,20+/m0/s1. The zero-order chi connectivity index (χ0) is 19.3. The van der Waals surface area contributed by atoms with E-state index in [4.69, 9.17) is 4.74 Å². The summed E-state index contributed by atoms with van der Waals surface area (Å²) in [7, 11) is 0. The van der Waals surface area contributed by atoms with Gasteiger partial charge >= 0.3 is 0 Å². The monoisotopic (exact) mass is 378 g/mol. The summed E-state index contributed by atoms with van der Waals surface area (Å²) in [6, 6.07) is 11.6. The first-order chi connectivity index (χ1) is 13.6. The second-order valence-corrected chi connectivity index (χ2v) is 7.01. The fraction of sp³-hybridized carbons (Fsp3) is 0.300. The SMILES string of the molecule is Cc1ncnc2c1ccn2[C@@H]1O[C@@H](C2=N[N+](c3ccccc3)=CC2)[C@@H](O)[C@H]1O. The Bertz CT molecular complexity index is 1090. The number of fused-ring (bicyclic) bond motifs is 1. The third kappa shape index (κ3) is 2.65. The minimum atomic E-state index is -1.09. The molecule has 0 radical (unpaired) electrons. The molecule has 8 heteroatoms. The summed E-state index contributed by atoms with van der Waals surface area (Å²) in [4.78, 5) is 8.51. The van der Waals surface area contributed by atoms with Crippen LogP contribution < -0.4 is 0 Å². The molecule has 4 atom stereocenters. The Labute approximate surface area is 161 Å². The molecule has 0 amide bonds. The van der Waals surface area contributed by atoms with Crippen LogP contribution in [0, 0.1) is 6.92 Å². The molecule has 142 valence electrons. The number of aliphatic hydroxyl groups excluding tert-OH is 2. The van der Waals surface area contributed by atoms with Crippen molar-refractivity contribution in [3.8, 4) is 0 Å². The Morgan fingerprint density at radius 3 is 2.75 bits per heavy atom. The van der Waals surface area contributed by atoms with E-state index in [0.717, 1.165) is 16.8 Å². The van der Waals surface area contributed by atoms with Crippen molar-refractivity contribution in [1.29, 1.82) is 0 Å².